The molecule has 1 rings (SSSR count). The van der Waals surface area contributed by atoms with Crippen molar-refractivity contribution < 1.29 is 9.66 Å². The lowest BCUT2D eigenvalue weighted by Gasteiger charge is -2.04. The molecule has 0 saturated heterocycles. The zero-order valence-electron chi connectivity index (χ0n) is 9.21. The smallest absolute Gasteiger partial charge is 0.270 e. The Balaban J connectivity index is 3.13. The molecule has 0 aliphatic carbocycles. The molecule has 0 saturated carbocycles. The Bertz CT molecular complexity index is 436. The Morgan fingerprint density at radius 2 is 2.06 bits per heavy atom. The molecule has 0 aromatic heterocycles. The number of non-ortho nitro benzene ring substituents is 1. The van der Waals surface area contributed by atoms with E-state index < -0.39 is 4.92 Å². The summed E-state index contributed by atoms with van der Waals surface area (Å²) in [5, 5.41) is 10.6. The Labute approximate surface area is 94.0 Å². The molecule has 1 aromatic rings. The molecule has 0 amide bonds. The normalized spacial score (nSPS) is 11.1. The van der Waals surface area contributed by atoms with Crippen LogP contribution in [0, 0.1) is 10.1 Å². The molecule has 0 fully saturated rings. The lowest BCUT2D eigenvalue weighted by atomic mass is 10.1. The van der Waals surface area contributed by atoms with Gasteiger partial charge >= 0.3 is 0 Å². The summed E-state index contributed by atoms with van der Waals surface area (Å²) in [6, 6.07) is 4.50. The molecule has 1 aromatic carbocycles. The van der Waals surface area contributed by atoms with E-state index >= 15 is 0 Å². The van der Waals surface area contributed by atoms with Crippen molar-refractivity contribution in [2.75, 3.05) is 0 Å². The van der Waals surface area contributed by atoms with Crippen LogP contribution in [-0.4, -0.2) is 4.92 Å². The fourth-order valence-corrected chi connectivity index (χ4v) is 1.21. The first-order valence-corrected chi connectivity index (χ1v) is 4.88. The van der Waals surface area contributed by atoms with Crippen LogP contribution in [0.4, 0.5) is 5.69 Å². The SMILES string of the molecule is CC=COc1ccc([N+](=O)[O-])cc1C=CC. The second-order valence-electron chi connectivity index (χ2n) is 3.07. The van der Waals surface area contributed by atoms with E-state index in [0.29, 0.717) is 11.3 Å². The van der Waals surface area contributed by atoms with Crippen molar-refractivity contribution in [3.8, 4) is 5.75 Å². The summed E-state index contributed by atoms with van der Waals surface area (Å²) in [6.45, 7) is 3.68. The van der Waals surface area contributed by atoms with Gasteiger partial charge in [0.2, 0.25) is 0 Å². The van der Waals surface area contributed by atoms with Gasteiger partial charge in [0.1, 0.15) is 5.75 Å². The summed E-state index contributed by atoms with van der Waals surface area (Å²) in [5.41, 5.74) is 0.746. The van der Waals surface area contributed by atoms with Crippen LogP contribution in [0.1, 0.15) is 19.4 Å². The van der Waals surface area contributed by atoms with Gasteiger partial charge in [0, 0.05) is 17.7 Å². The summed E-state index contributed by atoms with van der Waals surface area (Å²) in [7, 11) is 0. The van der Waals surface area contributed by atoms with E-state index in [2.05, 4.69) is 0 Å². The fraction of sp³-hybridized carbons (Fsp3) is 0.167. The Morgan fingerprint density at radius 1 is 1.31 bits per heavy atom. The van der Waals surface area contributed by atoms with Gasteiger partial charge in [-0.15, -0.1) is 0 Å². The van der Waals surface area contributed by atoms with E-state index in [4.69, 9.17) is 4.74 Å². The molecule has 0 aliphatic heterocycles. The Hall–Kier alpha value is -2.10. The molecule has 0 aliphatic rings. The highest BCUT2D eigenvalue weighted by Gasteiger charge is 2.09. The minimum absolute atomic E-state index is 0.0564. The Morgan fingerprint density at radius 3 is 2.62 bits per heavy atom. The van der Waals surface area contributed by atoms with Crippen molar-refractivity contribution in [1.29, 1.82) is 0 Å². The van der Waals surface area contributed by atoms with E-state index in [-0.39, 0.29) is 5.69 Å². The molecular weight excluding hydrogens is 206 g/mol. The third-order valence-corrected chi connectivity index (χ3v) is 1.88. The molecule has 0 N–H and O–H groups in total. The molecule has 0 bridgehead atoms. The van der Waals surface area contributed by atoms with Gasteiger partial charge < -0.3 is 4.74 Å². The number of nitrogens with zero attached hydrogens (tertiary/aromatic N) is 1. The predicted octanol–water partition coefficient (Wildman–Crippen LogP) is 3.54. The minimum Gasteiger partial charge on any atom is -0.465 e. The number of nitro groups is 1. The fourth-order valence-electron chi connectivity index (χ4n) is 1.21. The number of hydrogen-bond acceptors (Lipinski definition) is 3. The van der Waals surface area contributed by atoms with Crippen molar-refractivity contribution in [1.82, 2.24) is 0 Å². The lowest BCUT2D eigenvalue weighted by Crippen LogP contribution is -1.91. The van der Waals surface area contributed by atoms with Crippen LogP contribution in [-0.2, 0) is 0 Å². The standard InChI is InChI=1S/C12H13NO3/c1-3-5-10-9-11(13(14)15)6-7-12(10)16-8-4-2/h3-9H,1-2H3. The maximum absolute atomic E-state index is 10.6. The Kier molecular flexibility index (Phi) is 4.27. The van der Waals surface area contributed by atoms with Crippen LogP contribution in [0.3, 0.4) is 0 Å². The molecular formula is C12H13NO3. The van der Waals surface area contributed by atoms with E-state index in [1.807, 2.05) is 19.9 Å². The highest BCUT2D eigenvalue weighted by Crippen LogP contribution is 2.25. The molecule has 4 nitrogen and oxygen atoms in total. The van der Waals surface area contributed by atoms with Crippen LogP contribution in [0.5, 0.6) is 5.75 Å². The largest absolute Gasteiger partial charge is 0.465 e. The average Bonchev–Trinajstić information content (AvgIpc) is 2.27. The van der Waals surface area contributed by atoms with Gasteiger partial charge in [0.25, 0.3) is 5.69 Å². The van der Waals surface area contributed by atoms with Crippen molar-refractivity contribution in [2.24, 2.45) is 0 Å². The van der Waals surface area contributed by atoms with E-state index in [0.717, 1.165) is 0 Å². The number of allylic oxidation sites excluding steroid dienone is 2. The minimum atomic E-state index is -0.424. The summed E-state index contributed by atoms with van der Waals surface area (Å²) in [4.78, 5) is 10.2. The predicted molar refractivity (Wildman–Crippen MR) is 63.2 cm³/mol. The van der Waals surface area contributed by atoms with Crippen molar-refractivity contribution >= 4 is 11.8 Å². The van der Waals surface area contributed by atoms with E-state index in [9.17, 15) is 10.1 Å². The third-order valence-electron chi connectivity index (χ3n) is 1.88. The maximum Gasteiger partial charge on any atom is 0.270 e. The first-order valence-electron chi connectivity index (χ1n) is 4.88. The average molecular weight is 219 g/mol. The first kappa shape index (κ1) is 12.0. The van der Waals surface area contributed by atoms with Gasteiger partial charge in [-0.05, 0) is 19.9 Å². The maximum atomic E-state index is 10.6. The molecule has 0 atom stereocenters. The van der Waals surface area contributed by atoms with Gasteiger partial charge in [-0.25, -0.2) is 0 Å². The number of ether oxygens (including phenoxy) is 1. The highest BCUT2D eigenvalue weighted by atomic mass is 16.6. The number of hydrogen-bond donors (Lipinski definition) is 0. The molecule has 0 unspecified atom stereocenters. The monoisotopic (exact) mass is 219 g/mol. The summed E-state index contributed by atoms with van der Waals surface area (Å²) < 4.78 is 5.32. The van der Waals surface area contributed by atoms with Gasteiger partial charge in [-0.3, -0.25) is 10.1 Å². The number of benzene rings is 1. The first-order chi connectivity index (χ1) is 7.69. The van der Waals surface area contributed by atoms with E-state index in [1.54, 1.807) is 18.2 Å². The third kappa shape index (κ3) is 2.95. The van der Waals surface area contributed by atoms with Crippen molar-refractivity contribution in [3.63, 3.8) is 0 Å². The van der Waals surface area contributed by atoms with Gasteiger partial charge in [0.05, 0.1) is 11.2 Å². The van der Waals surface area contributed by atoms with Crippen molar-refractivity contribution in [2.45, 2.75) is 13.8 Å². The highest BCUT2D eigenvalue weighted by molar-refractivity contribution is 5.60. The van der Waals surface area contributed by atoms with Crippen LogP contribution in [0.15, 0.2) is 36.6 Å². The lowest BCUT2D eigenvalue weighted by molar-refractivity contribution is -0.384. The molecule has 0 heterocycles. The van der Waals surface area contributed by atoms with Crippen LogP contribution < -0.4 is 4.74 Å². The molecule has 84 valence electrons. The van der Waals surface area contributed by atoms with Gasteiger partial charge in [-0.2, -0.15) is 0 Å². The second kappa shape index (κ2) is 5.70. The van der Waals surface area contributed by atoms with Crippen LogP contribution in [0.2, 0.25) is 0 Å². The molecule has 0 radical (unpaired) electrons. The van der Waals surface area contributed by atoms with Crippen molar-refractivity contribution in [3.05, 3.63) is 52.3 Å². The topological polar surface area (TPSA) is 52.4 Å². The van der Waals surface area contributed by atoms with E-state index in [1.165, 1.54) is 18.4 Å². The van der Waals surface area contributed by atoms with Crippen LogP contribution >= 0.6 is 0 Å². The number of nitro benzene ring substituents is 1. The summed E-state index contributed by atoms with van der Waals surface area (Å²) >= 11 is 0. The summed E-state index contributed by atoms with van der Waals surface area (Å²) in [5.74, 6) is 0.599. The number of rotatable bonds is 4. The molecule has 16 heavy (non-hydrogen) atoms. The van der Waals surface area contributed by atoms with Crippen LogP contribution in [0.25, 0.3) is 6.08 Å². The second-order valence-corrected chi connectivity index (χ2v) is 3.07. The summed E-state index contributed by atoms with van der Waals surface area (Å²) in [6.07, 6.45) is 6.86. The zero-order chi connectivity index (χ0) is 12.0. The van der Waals surface area contributed by atoms with Gasteiger partial charge in [-0.1, -0.05) is 18.2 Å². The molecule has 4 heteroatoms. The quantitative estimate of drug-likeness (QED) is 0.442. The molecule has 0 spiro atoms. The zero-order valence-corrected chi connectivity index (χ0v) is 9.21. The van der Waals surface area contributed by atoms with Gasteiger partial charge in [0.15, 0.2) is 0 Å².